The fourth-order valence-corrected chi connectivity index (χ4v) is 3.92. The second kappa shape index (κ2) is 8.43. The van der Waals surface area contributed by atoms with Crippen molar-refractivity contribution in [2.24, 2.45) is 0 Å². The van der Waals surface area contributed by atoms with Crippen molar-refractivity contribution in [2.45, 2.75) is 18.8 Å². The smallest absolute Gasteiger partial charge is 0.260 e. The third kappa shape index (κ3) is 4.01. The molecule has 4 rings (SSSR count). The van der Waals surface area contributed by atoms with Gasteiger partial charge in [0.2, 0.25) is 5.89 Å². The summed E-state index contributed by atoms with van der Waals surface area (Å²) >= 11 is 1.56. The van der Waals surface area contributed by atoms with Crippen LogP contribution in [0.4, 0.5) is 0 Å². The highest BCUT2D eigenvalue weighted by atomic mass is 32.1. The van der Waals surface area contributed by atoms with Gasteiger partial charge < -0.3 is 18.8 Å². The molecule has 0 spiro atoms. The van der Waals surface area contributed by atoms with Crippen molar-refractivity contribution in [2.75, 3.05) is 26.8 Å². The van der Waals surface area contributed by atoms with Gasteiger partial charge in [0.05, 0.1) is 17.9 Å². The van der Waals surface area contributed by atoms with Crippen LogP contribution >= 0.6 is 11.3 Å². The van der Waals surface area contributed by atoms with Gasteiger partial charge in [0.1, 0.15) is 0 Å². The van der Waals surface area contributed by atoms with Crippen molar-refractivity contribution in [3.63, 3.8) is 0 Å². The molecule has 7 nitrogen and oxygen atoms in total. The van der Waals surface area contributed by atoms with E-state index in [2.05, 4.69) is 10.2 Å². The van der Waals surface area contributed by atoms with E-state index in [9.17, 15) is 4.79 Å². The minimum absolute atomic E-state index is 0.0304. The summed E-state index contributed by atoms with van der Waals surface area (Å²) in [5.41, 5.74) is 0. The summed E-state index contributed by atoms with van der Waals surface area (Å²) in [4.78, 5) is 15.4. The monoisotopic (exact) mass is 399 g/mol. The van der Waals surface area contributed by atoms with Gasteiger partial charge in [-0.05, 0) is 36.4 Å². The van der Waals surface area contributed by atoms with E-state index in [1.807, 2.05) is 29.6 Å². The van der Waals surface area contributed by atoms with Gasteiger partial charge in [0.25, 0.3) is 11.8 Å². The van der Waals surface area contributed by atoms with Gasteiger partial charge in [-0.25, -0.2) is 0 Å². The Balaban J connectivity index is 1.37. The number of nitrogens with zero attached hydrogens (tertiary/aromatic N) is 3. The van der Waals surface area contributed by atoms with E-state index >= 15 is 0 Å². The number of piperidine rings is 1. The number of likely N-dealkylation sites (tertiary alicyclic amines) is 1. The fraction of sp³-hybridized carbons (Fsp3) is 0.350. The van der Waals surface area contributed by atoms with E-state index in [4.69, 9.17) is 13.9 Å². The fourth-order valence-electron chi connectivity index (χ4n) is 3.27. The van der Waals surface area contributed by atoms with Crippen LogP contribution in [-0.2, 0) is 4.79 Å². The zero-order chi connectivity index (χ0) is 19.3. The lowest BCUT2D eigenvalue weighted by molar-refractivity contribution is -0.134. The highest BCUT2D eigenvalue weighted by Crippen LogP contribution is 2.30. The summed E-state index contributed by atoms with van der Waals surface area (Å²) in [6.45, 7) is 1.23. The van der Waals surface area contributed by atoms with E-state index in [1.54, 1.807) is 35.5 Å². The third-order valence-corrected chi connectivity index (χ3v) is 5.57. The maximum atomic E-state index is 12.6. The standard InChI is InChI=1S/C20H21N3O4S/c1-25-15-7-2-3-8-16(15)26-13-18(24)23-10-4-6-14(12-23)19-21-22-20(27-19)17-9-5-11-28-17/h2-3,5,7-9,11,14H,4,6,10,12-13H2,1H3. The van der Waals surface area contributed by atoms with Crippen molar-refractivity contribution in [1.82, 2.24) is 15.1 Å². The van der Waals surface area contributed by atoms with Gasteiger partial charge in [-0.15, -0.1) is 21.5 Å². The van der Waals surface area contributed by atoms with E-state index in [-0.39, 0.29) is 18.4 Å². The average Bonchev–Trinajstić information content (AvgIpc) is 3.44. The van der Waals surface area contributed by atoms with Crippen LogP contribution in [0.25, 0.3) is 10.8 Å². The number of hydrogen-bond acceptors (Lipinski definition) is 7. The number of methoxy groups -OCH3 is 1. The molecule has 1 unspecified atom stereocenters. The van der Waals surface area contributed by atoms with Crippen molar-refractivity contribution >= 4 is 17.2 Å². The summed E-state index contributed by atoms with van der Waals surface area (Å²) in [7, 11) is 1.58. The molecule has 0 bridgehead atoms. The topological polar surface area (TPSA) is 77.7 Å². The van der Waals surface area contributed by atoms with E-state index in [1.165, 1.54) is 0 Å². The van der Waals surface area contributed by atoms with Gasteiger partial charge in [-0.2, -0.15) is 0 Å². The predicted molar refractivity (Wildman–Crippen MR) is 105 cm³/mol. The maximum Gasteiger partial charge on any atom is 0.260 e. The summed E-state index contributed by atoms with van der Waals surface area (Å²) in [5.74, 6) is 2.28. The number of ether oxygens (including phenoxy) is 2. The van der Waals surface area contributed by atoms with Crippen molar-refractivity contribution in [1.29, 1.82) is 0 Å². The maximum absolute atomic E-state index is 12.6. The molecular weight excluding hydrogens is 378 g/mol. The molecule has 0 radical (unpaired) electrons. The zero-order valence-corrected chi connectivity index (χ0v) is 16.4. The lowest BCUT2D eigenvalue weighted by Gasteiger charge is -2.31. The molecule has 0 N–H and O–H groups in total. The molecule has 28 heavy (non-hydrogen) atoms. The number of hydrogen-bond donors (Lipinski definition) is 0. The summed E-state index contributed by atoms with van der Waals surface area (Å²) in [6.07, 6.45) is 1.81. The molecule has 1 fully saturated rings. The Hall–Kier alpha value is -2.87. The Morgan fingerprint density at radius 3 is 2.89 bits per heavy atom. The highest BCUT2D eigenvalue weighted by molar-refractivity contribution is 7.13. The number of para-hydroxylation sites is 2. The molecule has 8 heteroatoms. The quantitative estimate of drug-likeness (QED) is 0.630. The zero-order valence-electron chi connectivity index (χ0n) is 15.5. The Bertz CT molecular complexity index is 925. The number of carbonyl (C=O) groups is 1. The number of aromatic nitrogens is 2. The lowest BCUT2D eigenvalue weighted by Crippen LogP contribution is -2.41. The van der Waals surface area contributed by atoms with E-state index < -0.39 is 0 Å². The Labute approximate surface area is 166 Å². The second-order valence-electron chi connectivity index (χ2n) is 6.54. The first kappa shape index (κ1) is 18.5. The summed E-state index contributed by atoms with van der Waals surface area (Å²) in [5, 5.41) is 10.3. The Morgan fingerprint density at radius 2 is 2.11 bits per heavy atom. The molecule has 1 aliphatic rings. The molecular formula is C20H21N3O4S. The number of rotatable bonds is 6. The first-order valence-corrected chi connectivity index (χ1v) is 10.0. The van der Waals surface area contributed by atoms with Crippen LogP contribution in [0.3, 0.4) is 0 Å². The molecule has 0 saturated carbocycles. The van der Waals surface area contributed by atoms with Gasteiger partial charge in [0, 0.05) is 13.1 Å². The van der Waals surface area contributed by atoms with Gasteiger partial charge >= 0.3 is 0 Å². The summed E-state index contributed by atoms with van der Waals surface area (Å²) < 4.78 is 16.8. The van der Waals surface area contributed by atoms with Crippen molar-refractivity contribution < 1.29 is 18.7 Å². The van der Waals surface area contributed by atoms with Crippen molar-refractivity contribution in [3.05, 3.63) is 47.7 Å². The normalized spacial score (nSPS) is 16.8. The largest absolute Gasteiger partial charge is 0.493 e. The van der Waals surface area contributed by atoms with Crippen LogP contribution in [0.1, 0.15) is 24.7 Å². The SMILES string of the molecule is COc1ccccc1OCC(=O)N1CCCC(c2nnc(-c3cccs3)o2)C1. The van der Waals surface area contributed by atoms with Crippen LogP contribution in [-0.4, -0.2) is 47.8 Å². The molecule has 1 amide bonds. The molecule has 146 valence electrons. The molecule has 3 heterocycles. The van der Waals surface area contributed by atoms with Crippen LogP contribution in [0, 0.1) is 0 Å². The molecule has 2 aromatic heterocycles. The minimum Gasteiger partial charge on any atom is -0.493 e. The molecule has 1 aliphatic heterocycles. The number of amides is 1. The van der Waals surface area contributed by atoms with Crippen molar-refractivity contribution in [3.8, 4) is 22.3 Å². The van der Waals surface area contributed by atoms with Gasteiger partial charge in [-0.1, -0.05) is 18.2 Å². The first-order chi connectivity index (χ1) is 13.7. The Morgan fingerprint density at radius 1 is 1.25 bits per heavy atom. The molecule has 1 atom stereocenters. The third-order valence-electron chi connectivity index (χ3n) is 4.72. The number of benzene rings is 1. The number of thiophene rings is 1. The molecule has 1 saturated heterocycles. The summed E-state index contributed by atoms with van der Waals surface area (Å²) in [6, 6.07) is 11.2. The van der Waals surface area contributed by atoms with Crippen LogP contribution in [0.15, 0.2) is 46.2 Å². The second-order valence-corrected chi connectivity index (χ2v) is 7.49. The highest BCUT2D eigenvalue weighted by Gasteiger charge is 2.29. The van der Waals surface area contributed by atoms with Crippen LogP contribution < -0.4 is 9.47 Å². The van der Waals surface area contributed by atoms with E-state index in [0.29, 0.717) is 36.4 Å². The molecule has 1 aromatic carbocycles. The molecule has 3 aromatic rings. The lowest BCUT2D eigenvalue weighted by atomic mass is 9.98. The first-order valence-electron chi connectivity index (χ1n) is 9.15. The number of carbonyl (C=O) groups excluding carboxylic acids is 1. The van der Waals surface area contributed by atoms with E-state index in [0.717, 1.165) is 17.7 Å². The average molecular weight is 399 g/mol. The minimum atomic E-state index is -0.0615. The predicted octanol–water partition coefficient (Wildman–Crippen LogP) is 3.59. The van der Waals surface area contributed by atoms with Gasteiger partial charge in [-0.3, -0.25) is 4.79 Å². The van der Waals surface area contributed by atoms with Crippen LogP contribution in [0.2, 0.25) is 0 Å². The molecule has 0 aliphatic carbocycles. The van der Waals surface area contributed by atoms with Gasteiger partial charge in [0.15, 0.2) is 18.1 Å². The Kier molecular flexibility index (Phi) is 5.57. The van der Waals surface area contributed by atoms with Crippen LogP contribution in [0.5, 0.6) is 11.5 Å².